The molecule has 1 heterocycles. The van der Waals surface area contributed by atoms with Gasteiger partial charge in [0.05, 0.1) is 11.4 Å². The Hall–Kier alpha value is -2.06. The number of halogens is 1. The molecule has 1 aliphatic carbocycles. The summed E-state index contributed by atoms with van der Waals surface area (Å²) >= 11 is 6.06. The first-order valence-corrected chi connectivity index (χ1v) is 9.10. The molecule has 0 aliphatic heterocycles. The van der Waals surface area contributed by atoms with Gasteiger partial charge in [-0.15, -0.1) is 0 Å². The maximum atomic E-state index is 6.06. The minimum absolute atomic E-state index is 0.558. The molecule has 1 fully saturated rings. The molecule has 1 aliphatic rings. The zero-order valence-corrected chi connectivity index (χ0v) is 14.4. The lowest BCUT2D eigenvalue weighted by molar-refractivity contribution is 0.431. The molecule has 0 spiro atoms. The number of nitrogens with one attached hydrogen (secondary N) is 1. The van der Waals surface area contributed by atoms with E-state index < -0.39 is 0 Å². The number of hydrogen-bond acceptors (Lipinski definition) is 1. The van der Waals surface area contributed by atoms with Gasteiger partial charge in [-0.3, -0.25) is 0 Å². The average molecular weight is 337 g/mol. The summed E-state index contributed by atoms with van der Waals surface area (Å²) in [5, 5.41) is 0.757. The number of benzene rings is 2. The second kappa shape index (κ2) is 6.82. The zero-order chi connectivity index (χ0) is 16.4. The van der Waals surface area contributed by atoms with Crippen LogP contribution in [0.1, 0.15) is 43.8 Å². The van der Waals surface area contributed by atoms with E-state index in [2.05, 4.69) is 41.4 Å². The zero-order valence-electron chi connectivity index (χ0n) is 13.6. The van der Waals surface area contributed by atoms with Crippen LogP contribution in [0.25, 0.3) is 22.5 Å². The van der Waals surface area contributed by atoms with E-state index in [0.29, 0.717) is 5.92 Å². The lowest BCUT2D eigenvalue weighted by Gasteiger charge is -2.19. The fourth-order valence-corrected chi connectivity index (χ4v) is 3.72. The summed E-state index contributed by atoms with van der Waals surface area (Å²) in [5.74, 6) is 1.70. The van der Waals surface area contributed by atoms with Crippen LogP contribution < -0.4 is 0 Å². The molecular formula is C21H21ClN2. The predicted octanol–water partition coefficient (Wildman–Crippen LogP) is 6.44. The lowest BCUT2D eigenvalue weighted by Crippen LogP contribution is -2.06. The molecule has 0 atom stereocenters. The van der Waals surface area contributed by atoms with Crippen molar-refractivity contribution in [2.24, 2.45) is 0 Å². The number of nitrogens with zero attached hydrogens (tertiary/aromatic N) is 1. The molecule has 0 radical (unpaired) electrons. The van der Waals surface area contributed by atoms with Gasteiger partial charge in [0, 0.05) is 22.1 Å². The van der Waals surface area contributed by atoms with E-state index in [4.69, 9.17) is 16.6 Å². The van der Waals surface area contributed by atoms with E-state index in [1.54, 1.807) is 0 Å². The Labute approximate surface area is 147 Å². The van der Waals surface area contributed by atoms with Gasteiger partial charge >= 0.3 is 0 Å². The first kappa shape index (κ1) is 15.5. The third-order valence-corrected chi connectivity index (χ3v) is 5.15. The number of aromatic nitrogens is 2. The van der Waals surface area contributed by atoms with Crippen molar-refractivity contribution in [2.75, 3.05) is 0 Å². The summed E-state index contributed by atoms with van der Waals surface area (Å²) in [4.78, 5) is 8.65. The van der Waals surface area contributed by atoms with Gasteiger partial charge in [0.1, 0.15) is 5.82 Å². The first-order chi connectivity index (χ1) is 11.8. The molecular weight excluding hydrogens is 316 g/mol. The van der Waals surface area contributed by atoms with E-state index in [1.807, 2.05) is 18.2 Å². The lowest BCUT2D eigenvalue weighted by atomic mass is 9.89. The third-order valence-electron chi connectivity index (χ3n) is 4.89. The number of hydrogen-bond donors (Lipinski definition) is 1. The summed E-state index contributed by atoms with van der Waals surface area (Å²) < 4.78 is 0. The highest BCUT2D eigenvalue weighted by molar-refractivity contribution is 6.30. The van der Waals surface area contributed by atoms with Crippen LogP contribution in [0.15, 0.2) is 54.6 Å². The Morgan fingerprint density at radius 3 is 2.25 bits per heavy atom. The minimum Gasteiger partial charge on any atom is -0.341 e. The summed E-state index contributed by atoms with van der Waals surface area (Å²) in [7, 11) is 0. The van der Waals surface area contributed by atoms with Crippen molar-refractivity contribution in [3.63, 3.8) is 0 Å². The minimum atomic E-state index is 0.558. The Morgan fingerprint density at radius 2 is 1.54 bits per heavy atom. The molecule has 0 bridgehead atoms. The summed E-state index contributed by atoms with van der Waals surface area (Å²) in [5.41, 5.74) is 4.42. The topological polar surface area (TPSA) is 28.7 Å². The van der Waals surface area contributed by atoms with Gasteiger partial charge < -0.3 is 4.98 Å². The van der Waals surface area contributed by atoms with Crippen LogP contribution >= 0.6 is 11.6 Å². The Morgan fingerprint density at radius 1 is 0.833 bits per heavy atom. The monoisotopic (exact) mass is 336 g/mol. The van der Waals surface area contributed by atoms with Crippen LogP contribution in [0.2, 0.25) is 5.02 Å². The molecule has 0 saturated heterocycles. The molecule has 4 rings (SSSR count). The van der Waals surface area contributed by atoms with Crippen LogP contribution in [0.3, 0.4) is 0 Å². The third kappa shape index (κ3) is 3.11. The van der Waals surface area contributed by atoms with E-state index in [-0.39, 0.29) is 0 Å². The molecule has 3 aromatic rings. The molecule has 0 amide bonds. The van der Waals surface area contributed by atoms with Crippen LogP contribution in [0.5, 0.6) is 0 Å². The fraction of sp³-hybridized carbons (Fsp3) is 0.286. The van der Waals surface area contributed by atoms with Crippen LogP contribution in [-0.4, -0.2) is 9.97 Å². The number of imidazole rings is 1. The molecule has 1 aromatic heterocycles. The molecule has 1 N–H and O–H groups in total. The van der Waals surface area contributed by atoms with Crippen molar-refractivity contribution in [1.82, 2.24) is 9.97 Å². The van der Waals surface area contributed by atoms with E-state index >= 15 is 0 Å². The first-order valence-electron chi connectivity index (χ1n) is 8.72. The van der Waals surface area contributed by atoms with Crippen molar-refractivity contribution >= 4 is 11.6 Å². The van der Waals surface area contributed by atoms with E-state index in [9.17, 15) is 0 Å². The van der Waals surface area contributed by atoms with Crippen molar-refractivity contribution in [2.45, 2.75) is 38.0 Å². The molecule has 2 aromatic carbocycles. The SMILES string of the molecule is Clc1ccc(-c2[nH]c(C3CCCCC3)nc2-c2ccccc2)cc1. The maximum Gasteiger partial charge on any atom is 0.110 e. The Kier molecular flexibility index (Phi) is 4.40. The summed E-state index contributed by atoms with van der Waals surface area (Å²) in [6.45, 7) is 0. The largest absolute Gasteiger partial charge is 0.341 e. The quantitative estimate of drug-likeness (QED) is 0.585. The number of rotatable bonds is 3. The predicted molar refractivity (Wildman–Crippen MR) is 100 cm³/mol. The second-order valence-electron chi connectivity index (χ2n) is 6.55. The summed E-state index contributed by atoms with van der Waals surface area (Å²) in [6.07, 6.45) is 6.45. The van der Waals surface area contributed by atoms with Crippen LogP contribution in [0.4, 0.5) is 0 Å². The standard InChI is InChI=1S/C21H21ClN2/c22-18-13-11-16(12-14-18)20-19(15-7-3-1-4-8-15)23-21(24-20)17-9-5-2-6-10-17/h1,3-4,7-8,11-14,17H,2,5-6,9-10H2,(H,23,24). The number of aromatic amines is 1. The fourth-order valence-electron chi connectivity index (χ4n) is 3.59. The summed E-state index contributed by atoms with van der Waals surface area (Å²) in [6, 6.07) is 18.4. The normalized spacial score (nSPS) is 15.5. The highest BCUT2D eigenvalue weighted by atomic mass is 35.5. The highest BCUT2D eigenvalue weighted by Gasteiger charge is 2.22. The van der Waals surface area contributed by atoms with Gasteiger partial charge in [-0.05, 0) is 25.0 Å². The van der Waals surface area contributed by atoms with Crippen molar-refractivity contribution < 1.29 is 0 Å². The van der Waals surface area contributed by atoms with Crippen molar-refractivity contribution in [1.29, 1.82) is 0 Å². The molecule has 3 heteroatoms. The smallest absolute Gasteiger partial charge is 0.110 e. The van der Waals surface area contributed by atoms with E-state index in [1.165, 1.54) is 32.1 Å². The van der Waals surface area contributed by atoms with Crippen molar-refractivity contribution in [3.8, 4) is 22.5 Å². The van der Waals surface area contributed by atoms with Gasteiger partial charge in [-0.25, -0.2) is 4.98 Å². The molecule has 2 nitrogen and oxygen atoms in total. The van der Waals surface area contributed by atoms with Crippen molar-refractivity contribution in [3.05, 3.63) is 65.4 Å². The molecule has 0 unspecified atom stereocenters. The second-order valence-corrected chi connectivity index (χ2v) is 6.99. The Bertz CT molecular complexity index is 800. The van der Waals surface area contributed by atoms with Gasteiger partial charge in [-0.2, -0.15) is 0 Å². The van der Waals surface area contributed by atoms with Crippen LogP contribution in [0, 0.1) is 0 Å². The maximum absolute atomic E-state index is 6.06. The average Bonchev–Trinajstić information content (AvgIpc) is 3.09. The highest BCUT2D eigenvalue weighted by Crippen LogP contribution is 2.36. The molecule has 122 valence electrons. The van der Waals surface area contributed by atoms with Crippen LogP contribution in [-0.2, 0) is 0 Å². The van der Waals surface area contributed by atoms with E-state index in [0.717, 1.165) is 33.4 Å². The van der Waals surface area contributed by atoms with Gasteiger partial charge in [-0.1, -0.05) is 73.3 Å². The van der Waals surface area contributed by atoms with Gasteiger partial charge in [0.2, 0.25) is 0 Å². The molecule has 1 saturated carbocycles. The van der Waals surface area contributed by atoms with Gasteiger partial charge in [0.25, 0.3) is 0 Å². The molecule has 24 heavy (non-hydrogen) atoms. The number of H-pyrrole nitrogens is 1. The Balaban J connectivity index is 1.80. The van der Waals surface area contributed by atoms with Gasteiger partial charge in [0.15, 0.2) is 0 Å².